The van der Waals surface area contributed by atoms with Crippen molar-refractivity contribution >= 4 is 34.7 Å². The molecule has 1 saturated carbocycles. The van der Waals surface area contributed by atoms with Crippen molar-refractivity contribution in [3.05, 3.63) is 23.8 Å². The van der Waals surface area contributed by atoms with Crippen molar-refractivity contribution in [1.29, 1.82) is 0 Å². The Bertz CT molecular complexity index is 469. The third-order valence-corrected chi connectivity index (χ3v) is 4.99. The van der Waals surface area contributed by atoms with E-state index in [9.17, 15) is 0 Å². The summed E-state index contributed by atoms with van der Waals surface area (Å²) in [5, 5.41) is 0. The highest BCUT2D eigenvalue weighted by Gasteiger charge is 2.31. The maximum Gasteiger partial charge on any atom is 0.107 e. The number of rotatable bonds is 6. The van der Waals surface area contributed by atoms with Crippen LogP contribution in [0.5, 0.6) is 0 Å². The standard InChI is InChI=1S/C15H22N2S2/c1-4-19-13-7-5-6-12(14(13)15(16)18)17(3)10(2)11-8-9-11/h5-7,10-11H,4,8-9H2,1-3H3,(H2,16,18). The number of nitrogens with zero attached hydrogens (tertiary/aromatic N) is 1. The summed E-state index contributed by atoms with van der Waals surface area (Å²) < 4.78 is 0. The van der Waals surface area contributed by atoms with Gasteiger partial charge >= 0.3 is 0 Å². The van der Waals surface area contributed by atoms with Crippen LogP contribution in [0.3, 0.4) is 0 Å². The van der Waals surface area contributed by atoms with Gasteiger partial charge in [-0.2, -0.15) is 0 Å². The SMILES string of the molecule is CCSc1cccc(N(C)C(C)C2CC2)c1C(N)=S. The van der Waals surface area contributed by atoms with E-state index < -0.39 is 0 Å². The molecule has 0 bridgehead atoms. The molecule has 1 fully saturated rings. The van der Waals surface area contributed by atoms with Gasteiger partial charge in [0.15, 0.2) is 0 Å². The van der Waals surface area contributed by atoms with Crippen LogP contribution in [0.4, 0.5) is 5.69 Å². The van der Waals surface area contributed by atoms with Gasteiger partial charge in [-0.25, -0.2) is 0 Å². The van der Waals surface area contributed by atoms with E-state index in [0.717, 1.165) is 17.2 Å². The van der Waals surface area contributed by atoms with Crippen molar-refractivity contribution in [2.45, 2.75) is 37.6 Å². The number of nitrogens with two attached hydrogens (primary N) is 1. The Morgan fingerprint density at radius 2 is 2.21 bits per heavy atom. The van der Waals surface area contributed by atoms with Gasteiger partial charge in [-0.1, -0.05) is 25.2 Å². The van der Waals surface area contributed by atoms with Crippen LogP contribution in [0.1, 0.15) is 32.3 Å². The van der Waals surface area contributed by atoms with Crippen LogP contribution in [-0.4, -0.2) is 23.8 Å². The number of thiocarbonyl (C=S) groups is 1. The second-order valence-corrected chi connectivity index (χ2v) is 6.88. The molecule has 104 valence electrons. The fourth-order valence-corrected chi connectivity index (χ4v) is 3.57. The monoisotopic (exact) mass is 294 g/mol. The lowest BCUT2D eigenvalue weighted by Gasteiger charge is -2.29. The number of hydrogen-bond acceptors (Lipinski definition) is 3. The maximum atomic E-state index is 5.97. The molecular weight excluding hydrogens is 272 g/mol. The summed E-state index contributed by atoms with van der Waals surface area (Å²) in [6.07, 6.45) is 2.69. The average molecular weight is 294 g/mol. The fourth-order valence-electron chi connectivity index (χ4n) is 2.45. The van der Waals surface area contributed by atoms with Gasteiger partial charge in [-0.05, 0) is 43.6 Å². The lowest BCUT2D eigenvalue weighted by atomic mass is 10.1. The van der Waals surface area contributed by atoms with Crippen LogP contribution in [0, 0.1) is 5.92 Å². The molecule has 19 heavy (non-hydrogen) atoms. The molecule has 0 saturated heterocycles. The first kappa shape index (κ1) is 14.7. The smallest absolute Gasteiger partial charge is 0.107 e. The van der Waals surface area contributed by atoms with Gasteiger partial charge in [-0.3, -0.25) is 0 Å². The molecule has 1 aliphatic carbocycles. The maximum absolute atomic E-state index is 5.97. The second kappa shape index (κ2) is 6.14. The molecule has 0 spiro atoms. The minimum absolute atomic E-state index is 0.501. The molecule has 1 atom stereocenters. The molecule has 2 N–H and O–H groups in total. The molecule has 2 rings (SSSR count). The average Bonchev–Trinajstić information content (AvgIpc) is 3.21. The Kier molecular flexibility index (Phi) is 4.74. The molecule has 0 aliphatic heterocycles. The summed E-state index contributed by atoms with van der Waals surface area (Å²) in [4.78, 5) is 4.04. The van der Waals surface area contributed by atoms with Gasteiger partial charge in [0.05, 0.1) is 0 Å². The van der Waals surface area contributed by atoms with Gasteiger partial charge in [0.1, 0.15) is 4.99 Å². The van der Waals surface area contributed by atoms with Gasteiger partial charge < -0.3 is 10.6 Å². The zero-order chi connectivity index (χ0) is 14.0. The lowest BCUT2D eigenvalue weighted by molar-refractivity contribution is 0.608. The van der Waals surface area contributed by atoms with Crippen LogP contribution >= 0.6 is 24.0 Å². The van der Waals surface area contributed by atoms with Gasteiger partial charge in [-0.15, -0.1) is 11.8 Å². The molecule has 1 aromatic carbocycles. The summed E-state index contributed by atoms with van der Waals surface area (Å²) in [6, 6.07) is 6.90. The normalized spacial score (nSPS) is 16.2. The Labute approximate surface area is 125 Å². The molecular formula is C15H22N2S2. The summed E-state index contributed by atoms with van der Waals surface area (Å²) in [5.74, 6) is 1.85. The first-order chi connectivity index (χ1) is 9.06. The molecule has 4 heteroatoms. The van der Waals surface area contributed by atoms with Gasteiger partial charge in [0, 0.05) is 29.2 Å². The Hall–Kier alpha value is -0.740. The predicted molar refractivity (Wildman–Crippen MR) is 89.3 cm³/mol. The van der Waals surface area contributed by atoms with E-state index in [2.05, 4.69) is 44.0 Å². The highest BCUT2D eigenvalue weighted by Crippen LogP contribution is 2.38. The van der Waals surface area contributed by atoms with E-state index >= 15 is 0 Å². The summed E-state index contributed by atoms with van der Waals surface area (Å²) in [5.41, 5.74) is 8.18. The van der Waals surface area contributed by atoms with Gasteiger partial charge in [0.2, 0.25) is 0 Å². The fraction of sp³-hybridized carbons (Fsp3) is 0.533. The van der Waals surface area contributed by atoms with Crippen molar-refractivity contribution in [2.24, 2.45) is 11.7 Å². The topological polar surface area (TPSA) is 29.3 Å². The van der Waals surface area contributed by atoms with E-state index in [-0.39, 0.29) is 0 Å². The van der Waals surface area contributed by atoms with E-state index in [1.54, 1.807) is 11.8 Å². The summed E-state index contributed by atoms with van der Waals surface area (Å²) in [6.45, 7) is 4.44. The summed E-state index contributed by atoms with van der Waals surface area (Å²) in [7, 11) is 2.15. The van der Waals surface area contributed by atoms with Crippen molar-refractivity contribution in [2.75, 3.05) is 17.7 Å². The first-order valence-electron chi connectivity index (χ1n) is 6.84. The quantitative estimate of drug-likeness (QED) is 0.640. The van der Waals surface area contributed by atoms with Crippen LogP contribution in [-0.2, 0) is 0 Å². The molecule has 0 aromatic heterocycles. The summed E-state index contributed by atoms with van der Waals surface area (Å²) >= 11 is 7.08. The van der Waals surface area contributed by atoms with E-state index in [4.69, 9.17) is 18.0 Å². The lowest BCUT2D eigenvalue weighted by Crippen LogP contribution is -2.32. The predicted octanol–water partition coefficient (Wildman–Crippen LogP) is 3.67. The van der Waals surface area contributed by atoms with Crippen molar-refractivity contribution in [3.8, 4) is 0 Å². The van der Waals surface area contributed by atoms with Crippen LogP contribution in [0.15, 0.2) is 23.1 Å². The van der Waals surface area contributed by atoms with Crippen molar-refractivity contribution < 1.29 is 0 Å². The van der Waals surface area contributed by atoms with Crippen molar-refractivity contribution in [1.82, 2.24) is 0 Å². The Balaban J connectivity index is 2.37. The Morgan fingerprint density at radius 1 is 1.53 bits per heavy atom. The zero-order valence-electron chi connectivity index (χ0n) is 11.8. The number of hydrogen-bond donors (Lipinski definition) is 1. The third-order valence-electron chi connectivity index (χ3n) is 3.85. The largest absolute Gasteiger partial charge is 0.389 e. The van der Waals surface area contributed by atoms with Crippen molar-refractivity contribution in [3.63, 3.8) is 0 Å². The van der Waals surface area contributed by atoms with Crippen LogP contribution < -0.4 is 10.6 Å². The second-order valence-electron chi connectivity index (χ2n) is 5.14. The number of thioether (sulfide) groups is 1. The van der Waals surface area contributed by atoms with E-state index in [0.29, 0.717) is 11.0 Å². The molecule has 2 nitrogen and oxygen atoms in total. The molecule has 1 unspecified atom stereocenters. The van der Waals surface area contributed by atoms with Crippen LogP contribution in [0.25, 0.3) is 0 Å². The first-order valence-corrected chi connectivity index (χ1v) is 8.24. The van der Waals surface area contributed by atoms with Gasteiger partial charge in [0.25, 0.3) is 0 Å². The van der Waals surface area contributed by atoms with E-state index in [1.165, 1.54) is 23.4 Å². The number of anilines is 1. The van der Waals surface area contributed by atoms with Crippen LogP contribution in [0.2, 0.25) is 0 Å². The molecule has 0 heterocycles. The molecule has 0 amide bonds. The minimum atomic E-state index is 0.501. The highest BCUT2D eigenvalue weighted by molar-refractivity contribution is 7.99. The molecule has 1 aliphatic rings. The number of benzene rings is 1. The molecule has 1 aromatic rings. The third kappa shape index (κ3) is 3.23. The Morgan fingerprint density at radius 3 is 2.74 bits per heavy atom. The minimum Gasteiger partial charge on any atom is -0.389 e. The van der Waals surface area contributed by atoms with E-state index in [1.807, 2.05) is 0 Å². The zero-order valence-corrected chi connectivity index (χ0v) is 13.5. The highest BCUT2D eigenvalue weighted by atomic mass is 32.2. The molecule has 0 radical (unpaired) electrons.